The summed E-state index contributed by atoms with van der Waals surface area (Å²) >= 11 is 5.87. The summed E-state index contributed by atoms with van der Waals surface area (Å²) in [7, 11) is 0. The molecule has 1 fully saturated rings. The maximum absolute atomic E-state index is 12.6. The van der Waals surface area contributed by atoms with Crippen LogP contribution in [0.5, 0.6) is 0 Å². The molecule has 1 aliphatic rings. The lowest BCUT2D eigenvalue weighted by Gasteiger charge is -2.23. The summed E-state index contributed by atoms with van der Waals surface area (Å²) in [5.74, 6) is -0.304. The Morgan fingerprint density at radius 2 is 2.05 bits per heavy atom. The number of carbonyl (C=O) groups is 1. The molecule has 0 bridgehead atoms. The van der Waals surface area contributed by atoms with Crippen LogP contribution in [0, 0.1) is 15.5 Å². The molecule has 1 heterocycles. The van der Waals surface area contributed by atoms with Crippen molar-refractivity contribution in [2.45, 2.75) is 33.1 Å². The highest BCUT2D eigenvalue weighted by atomic mass is 35.5. The molecular formula is C15H19ClN2O3. The van der Waals surface area contributed by atoms with Crippen molar-refractivity contribution in [3.05, 3.63) is 38.9 Å². The minimum absolute atomic E-state index is 0.000928. The number of rotatable bonds is 2. The standard InChI is InChI=1S/C15H19ClN2O3/c1-15(2)7-4-9-17(10-8-15)14(19)11-5-3-6-12(16)13(11)18(20)21/h3,5-6H,4,7-10H2,1-2H3. The molecule has 0 atom stereocenters. The summed E-state index contributed by atoms with van der Waals surface area (Å²) in [5, 5.41) is 11.2. The molecule has 1 aromatic rings. The highest BCUT2D eigenvalue weighted by Crippen LogP contribution is 2.32. The van der Waals surface area contributed by atoms with Crippen LogP contribution < -0.4 is 0 Å². The lowest BCUT2D eigenvalue weighted by atomic mass is 9.85. The number of hydrogen-bond acceptors (Lipinski definition) is 3. The molecule has 21 heavy (non-hydrogen) atoms. The molecule has 0 spiro atoms. The van der Waals surface area contributed by atoms with Gasteiger partial charge in [-0.15, -0.1) is 0 Å². The van der Waals surface area contributed by atoms with Crippen LogP contribution in [0.3, 0.4) is 0 Å². The van der Waals surface area contributed by atoms with E-state index in [2.05, 4.69) is 13.8 Å². The van der Waals surface area contributed by atoms with Gasteiger partial charge >= 0.3 is 5.69 Å². The first-order chi connectivity index (χ1) is 9.82. The number of hydrogen-bond donors (Lipinski definition) is 0. The van der Waals surface area contributed by atoms with Crippen LogP contribution in [0.25, 0.3) is 0 Å². The summed E-state index contributed by atoms with van der Waals surface area (Å²) in [4.78, 5) is 24.9. The topological polar surface area (TPSA) is 63.5 Å². The van der Waals surface area contributed by atoms with Gasteiger partial charge in [0.05, 0.1) is 4.92 Å². The van der Waals surface area contributed by atoms with Crippen molar-refractivity contribution in [3.8, 4) is 0 Å². The summed E-state index contributed by atoms with van der Waals surface area (Å²) in [6, 6.07) is 4.48. The molecule has 0 N–H and O–H groups in total. The summed E-state index contributed by atoms with van der Waals surface area (Å²) < 4.78 is 0. The van der Waals surface area contributed by atoms with Crippen LogP contribution in [0.2, 0.25) is 5.02 Å². The zero-order valence-electron chi connectivity index (χ0n) is 12.3. The largest absolute Gasteiger partial charge is 0.338 e. The third-order valence-corrected chi connectivity index (χ3v) is 4.33. The Kier molecular flexibility index (Phi) is 4.52. The molecule has 1 amide bonds. The van der Waals surface area contributed by atoms with Gasteiger partial charge < -0.3 is 4.90 Å². The summed E-state index contributed by atoms with van der Waals surface area (Å²) in [6.07, 6.45) is 2.86. The van der Waals surface area contributed by atoms with Gasteiger partial charge in [0.1, 0.15) is 10.6 Å². The molecule has 2 rings (SSSR count). The zero-order chi connectivity index (χ0) is 15.6. The van der Waals surface area contributed by atoms with E-state index in [0.717, 1.165) is 19.3 Å². The SMILES string of the molecule is CC1(C)CCCN(C(=O)c2cccc(Cl)c2[N+](=O)[O-])CC1. The molecule has 0 unspecified atom stereocenters. The Morgan fingerprint density at radius 3 is 2.71 bits per heavy atom. The highest BCUT2D eigenvalue weighted by molar-refractivity contribution is 6.33. The van der Waals surface area contributed by atoms with E-state index >= 15 is 0 Å². The number of amides is 1. The number of para-hydroxylation sites is 1. The lowest BCUT2D eigenvalue weighted by Crippen LogP contribution is -2.32. The molecule has 1 aliphatic heterocycles. The normalized spacial score (nSPS) is 18.1. The number of likely N-dealkylation sites (tertiary alicyclic amines) is 1. The van der Waals surface area contributed by atoms with Gasteiger partial charge in [-0.2, -0.15) is 0 Å². The van der Waals surface area contributed by atoms with Crippen molar-refractivity contribution in [2.24, 2.45) is 5.41 Å². The minimum atomic E-state index is -0.586. The Morgan fingerprint density at radius 1 is 1.33 bits per heavy atom. The van der Waals surface area contributed by atoms with Crippen LogP contribution in [0.15, 0.2) is 18.2 Å². The van der Waals surface area contributed by atoms with Crippen molar-refractivity contribution in [3.63, 3.8) is 0 Å². The van der Waals surface area contributed by atoms with Crippen LogP contribution in [0.1, 0.15) is 43.5 Å². The van der Waals surface area contributed by atoms with Gasteiger partial charge in [0.25, 0.3) is 5.91 Å². The maximum Gasteiger partial charge on any atom is 0.300 e. The van der Waals surface area contributed by atoms with E-state index in [9.17, 15) is 14.9 Å². The molecule has 1 aromatic carbocycles. The van der Waals surface area contributed by atoms with E-state index in [0.29, 0.717) is 13.1 Å². The van der Waals surface area contributed by atoms with E-state index in [1.807, 2.05) is 0 Å². The fourth-order valence-corrected chi connectivity index (χ4v) is 2.91. The third-order valence-electron chi connectivity index (χ3n) is 4.03. The first-order valence-electron chi connectivity index (χ1n) is 7.04. The molecule has 0 aromatic heterocycles. The first-order valence-corrected chi connectivity index (χ1v) is 7.42. The summed E-state index contributed by atoms with van der Waals surface area (Å²) in [6.45, 7) is 5.62. The minimum Gasteiger partial charge on any atom is -0.338 e. The van der Waals surface area contributed by atoms with Gasteiger partial charge in [-0.05, 0) is 36.8 Å². The fraction of sp³-hybridized carbons (Fsp3) is 0.533. The second-order valence-corrected chi connectivity index (χ2v) is 6.61. The molecule has 0 saturated carbocycles. The number of halogens is 1. The van der Waals surface area contributed by atoms with E-state index < -0.39 is 4.92 Å². The number of carbonyl (C=O) groups excluding carboxylic acids is 1. The predicted molar refractivity (Wildman–Crippen MR) is 81.6 cm³/mol. The Labute approximate surface area is 129 Å². The number of benzene rings is 1. The molecule has 0 radical (unpaired) electrons. The van der Waals surface area contributed by atoms with Gasteiger partial charge in [0, 0.05) is 13.1 Å². The monoisotopic (exact) mass is 310 g/mol. The molecule has 0 aliphatic carbocycles. The van der Waals surface area contributed by atoms with Crippen molar-refractivity contribution >= 4 is 23.2 Å². The van der Waals surface area contributed by atoms with Gasteiger partial charge in [0.15, 0.2) is 0 Å². The van der Waals surface area contributed by atoms with E-state index in [-0.39, 0.29) is 27.6 Å². The van der Waals surface area contributed by atoms with Crippen molar-refractivity contribution < 1.29 is 9.72 Å². The fourth-order valence-electron chi connectivity index (χ4n) is 2.67. The Hall–Kier alpha value is -1.62. The van der Waals surface area contributed by atoms with Crippen LogP contribution in [0.4, 0.5) is 5.69 Å². The second-order valence-electron chi connectivity index (χ2n) is 6.20. The molecule has 5 nitrogen and oxygen atoms in total. The van der Waals surface area contributed by atoms with Gasteiger partial charge in [0.2, 0.25) is 0 Å². The predicted octanol–water partition coefficient (Wildman–Crippen LogP) is 3.90. The number of nitrogens with zero attached hydrogens (tertiary/aromatic N) is 2. The lowest BCUT2D eigenvalue weighted by molar-refractivity contribution is -0.385. The Bertz CT molecular complexity index is 572. The number of nitro benzene ring substituents is 1. The quantitative estimate of drug-likeness (QED) is 0.614. The summed E-state index contributed by atoms with van der Waals surface area (Å²) in [5.41, 5.74) is -0.0187. The van der Waals surface area contributed by atoms with Gasteiger partial charge in [-0.1, -0.05) is 31.5 Å². The smallest absolute Gasteiger partial charge is 0.300 e. The second kappa shape index (κ2) is 6.02. The van der Waals surface area contributed by atoms with E-state index in [4.69, 9.17) is 11.6 Å². The maximum atomic E-state index is 12.6. The van der Waals surface area contributed by atoms with Crippen LogP contribution in [-0.2, 0) is 0 Å². The third kappa shape index (κ3) is 3.53. The number of nitro groups is 1. The van der Waals surface area contributed by atoms with Crippen molar-refractivity contribution in [2.75, 3.05) is 13.1 Å². The van der Waals surface area contributed by atoms with Crippen molar-refractivity contribution in [1.82, 2.24) is 4.90 Å². The average Bonchev–Trinajstić information content (AvgIpc) is 2.58. The zero-order valence-corrected chi connectivity index (χ0v) is 13.0. The van der Waals surface area contributed by atoms with E-state index in [1.165, 1.54) is 12.1 Å². The molecule has 1 saturated heterocycles. The van der Waals surface area contributed by atoms with Crippen LogP contribution >= 0.6 is 11.6 Å². The van der Waals surface area contributed by atoms with Crippen molar-refractivity contribution in [1.29, 1.82) is 0 Å². The van der Waals surface area contributed by atoms with Gasteiger partial charge in [-0.25, -0.2) is 0 Å². The molecule has 114 valence electrons. The van der Waals surface area contributed by atoms with Gasteiger partial charge in [-0.3, -0.25) is 14.9 Å². The van der Waals surface area contributed by atoms with Crippen LogP contribution in [-0.4, -0.2) is 28.8 Å². The molecule has 6 heteroatoms. The molecular weight excluding hydrogens is 292 g/mol. The highest BCUT2D eigenvalue weighted by Gasteiger charge is 2.30. The average molecular weight is 311 g/mol. The first kappa shape index (κ1) is 15.8. The Balaban J connectivity index is 2.28. The van der Waals surface area contributed by atoms with E-state index in [1.54, 1.807) is 11.0 Å².